The van der Waals surface area contributed by atoms with Crippen molar-refractivity contribution in [3.05, 3.63) is 23.5 Å². The SMILES string of the molecule is COC(=O)c1cc(C2CC(F)(F)[C@@](C)([Si])N2C(=O)OC(C)(C)C)c(N)cn1. The molecule has 147 valence electrons. The molecule has 1 unspecified atom stereocenters. The first kappa shape index (κ1) is 21.1. The van der Waals surface area contributed by atoms with Crippen molar-refractivity contribution in [2.24, 2.45) is 0 Å². The monoisotopic (exact) mass is 398 g/mol. The number of hydrogen-bond donors (Lipinski definition) is 1. The number of hydrogen-bond acceptors (Lipinski definition) is 6. The van der Waals surface area contributed by atoms with E-state index in [-0.39, 0.29) is 16.9 Å². The maximum absolute atomic E-state index is 14.7. The number of amides is 1. The van der Waals surface area contributed by atoms with E-state index in [1.54, 1.807) is 20.8 Å². The van der Waals surface area contributed by atoms with Gasteiger partial charge in [-0.05, 0) is 33.8 Å². The minimum absolute atomic E-state index is 0.0707. The van der Waals surface area contributed by atoms with E-state index in [0.29, 0.717) is 0 Å². The second kappa shape index (κ2) is 6.74. The molecule has 1 aromatic rings. The van der Waals surface area contributed by atoms with Crippen molar-refractivity contribution in [3.8, 4) is 0 Å². The van der Waals surface area contributed by atoms with Gasteiger partial charge in [-0.15, -0.1) is 0 Å². The molecule has 7 nitrogen and oxygen atoms in total. The first-order valence-corrected chi connectivity index (χ1v) is 8.70. The Morgan fingerprint density at radius 2 is 2.00 bits per heavy atom. The lowest BCUT2D eigenvalue weighted by molar-refractivity contribution is -0.0531. The number of methoxy groups -OCH3 is 1. The van der Waals surface area contributed by atoms with Crippen LogP contribution in [-0.2, 0) is 9.47 Å². The van der Waals surface area contributed by atoms with E-state index in [0.717, 1.165) is 4.90 Å². The fourth-order valence-corrected chi connectivity index (χ4v) is 3.23. The number of likely N-dealkylation sites (tertiary alicyclic amines) is 1. The number of carbonyl (C=O) groups excluding carboxylic acids is 2. The van der Waals surface area contributed by atoms with Crippen molar-refractivity contribution in [1.82, 2.24) is 9.88 Å². The maximum atomic E-state index is 14.7. The number of nitrogens with zero attached hydrogens (tertiary/aromatic N) is 2. The van der Waals surface area contributed by atoms with Gasteiger partial charge in [0.2, 0.25) is 0 Å². The van der Waals surface area contributed by atoms with Crippen LogP contribution in [0.3, 0.4) is 0 Å². The molecule has 1 aliphatic heterocycles. The largest absolute Gasteiger partial charge is 0.464 e. The Labute approximate surface area is 159 Å². The summed E-state index contributed by atoms with van der Waals surface area (Å²) in [5.41, 5.74) is 5.17. The minimum Gasteiger partial charge on any atom is -0.464 e. The first-order valence-electron chi connectivity index (χ1n) is 8.20. The summed E-state index contributed by atoms with van der Waals surface area (Å²) in [4.78, 5) is 29.2. The van der Waals surface area contributed by atoms with Gasteiger partial charge in [0.25, 0.3) is 5.92 Å². The summed E-state index contributed by atoms with van der Waals surface area (Å²) in [5.74, 6) is -4.03. The number of anilines is 1. The summed E-state index contributed by atoms with van der Waals surface area (Å²) in [7, 11) is 4.23. The number of aromatic nitrogens is 1. The molecule has 0 aromatic carbocycles. The van der Waals surface area contributed by atoms with Crippen molar-refractivity contribution in [2.75, 3.05) is 12.8 Å². The molecule has 2 N–H and O–H groups in total. The summed E-state index contributed by atoms with van der Waals surface area (Å²) >= 11 is 0. The highest BCUT2D eigenvalue weighted by Gasteiger charge is 2.62. The van der Waals surface area contributed by atoms with E-state index in [2.05, 4.69) is 20.0 Å². The van der Waals surface area contributed by atoms with E-state index in [1.807, 2.05) is 0 Å². The topological polar surface area (TPSA) is 94.8 Å². The van der Waals surface area contributed by atoms with Crippen molar-refractivity contribution < 1.29 is 27.8 Å². The van der Waals surface area contributed by atoms with Gasteiger partial charge in [-0.3, -0.25) is 4.90 Å². The quantitative estimate of drug-likeness (QED) is 0.608. The molecule has 1 aliphatic rings. The van der Waals surface area contributed by atoms with Gasteiger partial charge in [0, 0.05) is 12.0 Å². The molecule has 2 atom stereocenters. The van der Waals surface area contributed by atoms with Gasteiger partial charge in [-0.2, -0.15) is 0 Å². The van der Waals surface area contributed by atoms with Gasteiger partial charge >= 0.3 is 12.1 Å². The minimum atomic E-state index is -3.29. The lowest BCUT2D eigenvalue weighted by atomic mass is 10.0. The number of ether oxygens (including phenoxy) is 2. The van der Waals surface area contributed by atoms with Crippen LogP contribution < -0.4 is 5.73 Å². The van der Waals surface area contributed by atoms with Gasteiger partial charge < -0.3 is 15.2 Å². The van der Waals surface area contributed by atoms with E-state index < -0.39 is 41.2 Å². The summed E-state index contributed by atoms with van der Waals surface area (Å²) in [5, 5.41) is -2.01. The van der Waals surface area contributed by atoms with Crippen LogP contribution in [0.25, 0.3) is 0 Å². The fourth-order valence-electron chi connectivity index (χ4n) is 2.88. The third kappa shape index (κ3) is 3.90. The molecule has 2 rings (SSSR count). The standard InChI is InChI=1S/C17H22F2N3O4Si/c1-15(2,3)26-14(24)22-12(7-17(18,19)16(22,4)27)9-6-11(13(23)25-5)21-8-10(9)20/h6,8,12H,7,20H2,1-5H3/t12?,16-/m1/s1. The zero-order chi connectivity index (χ0) is 20.8. The first-order chi connectivity index (χ1) is 12.2. The van der Waals surface area contributed by atoms with Crippen LogP contribution in [0.2, 0.25) is 0 Å². The zero-order valence-electron chi connectivity index (χ0n) is 15.8. The molecule has 27 heavy (non-hydrogen) atoms. The summed E-state index contributed by atoms with van der Waals surface area (Å²) in [6.07, 6.45) is -0.463. The fraction of sp³-hybridized carbons (Fsp3) is 0.588. The highest BCUT2D eigenvalue weighted by Crippen LogP contribution is 2.52. The lowest BCUT2D eigenvalue weighted by Gasteiger charge is -2.38. The Bertz CT molecular complexity index is 765. The van der Waals surface area contributed by atoms with Gasteiger partial charge in [0.15, 0.2) is 0 Å². The third-order valence-electron chi connectivity index (χ3n) is 4.27. The van der Waals surface area contributed by atoms with Crippen LogP contribution in [0.15, 0.2) is 12.3 Å². The van der Waals surface area contributed by atoms with E-state index in [1.165, 1.54) is 26.3 Å². The van der Waals surface area contributed by atoms with Crippen LogP contribution >= 0.6 is 0 Å². The molecule has 1 amide bonds. The van der Waals surface area contributed by atoms with Crippen LogP contribution in [-0.4, -0.2) is 56.0 Å². The maximum Gasteiger partial charge on any atom is 0.411 e. The number of rotatable bonds is 2. The predicted octanol–water partition coefficient (Wildman–Crippen LogP) is 2.65. The normalized spacial score (nSPS) is 24.6. The summed E-state index contributed by atoms with van der Waals surface area (Å²) in [6, 6.07) is 0.121. The Morgan fingerprint density at radius 3 is 2.52 bits per heavy atom. The van der Waals surface area contributed by atoms with Gasteiger partial charge in [0.05, 0.1) is 40.4 Å². The smallest absolute Gasteiger partial charge is 0.411 e. The Kier molecular flexibility index (Phi) is 5.26. The number of halogens is 2. The Balaban J connectivity index is 2.56. The van der Waals surface area contributed by atoms with Crippen molar-refractivity contribution in [2.45, 2.75) is 56.8 Å². The molecule has 1 aromatic heterocycles. The molecule has 0 bridgehead atoms. The number of alkyl halides is 2. The van der Waals surface area contributed by atoms with Crippen LogP contribution in [0, 0.1) is 0 Å². The highest BCUT2D eigenvalue weighted by molar-refractivity contribution is 6.17. The summed E-state index contributed by atoms with van der Waals surface area (Å²) < 4.78 is 39.4. The van der Waals surface area contributed by atoms with Crippen LogP contribution in [0.1, 0.15) is 56.2 Å². The number of pyridine rings is 1. The van der Waals surface area contributed by atoms with Gasteiger partial charge in [0.1, 0.15) is 11.3 Å². The highest BCUT2D eigenvalue weighted by atomic mass is 28.1. The average Bonchev–Trinajstić information content (AvgIpc) is 2.70. The molecule has 3 radical (unpaired) electrons. The molecule has 0 aliphatic carbocycles. The van der Waals surface area contributed by atoms with Crippen LogP contribution in [0.4, 0.5) is 19.3 Å². The molecule has 10 heteroatoms. The number of carbonyl (C=O) groups is 2. The second-order valence-electron chi connectivity index (χ2n) is 7.54. The number of esters is 1. The predicted molar refractivity (Wildman–Crippen MR) is 94.5 cm³/mol. The Morgan fingerprint density at radius 1 is 1.41 bits per heavy atom. The Hall–Kier alpha value is -2.23. The molecule has 0 saturated carbocycles. The van der Waals surface area contributed by atoms with Crippen LogP contribution in [0.5, 0.6) is 0 Å². The van der Waals surface area contributed by atoms with Crippen molar-refractivity contribution in [1.29, 1.82) is 0 Å². The van der Waals surface area contributed by atoms with E-state index >= 15 is 0 Å². The molecule has 0 spiro atoms. The van der Waals surface area contributed by atoms with Gasteiger partial charge in [-0.25, -0.2) is 23.4 Å². The molecule has 1 fully saturated rings. The third-order valence-corrected chi connectivity index (χ3v) is 4.87. The molecular formula is C17H22F2N3O4Si. The second-order valence-corrected chi connectivity index (χ2v) is 8.51. The molecule has 1 saturated heterocycles. The average molecular weight is 398 g/mol. The van der Waals surface area contributed by atoms with E-state index in [4.69, 9.17) is 10.5 Å². The van der Waals surface area contributed by atoms with Gasteiger partial charge in [-0.1, -0.05) is 0 Å². The zero-order valence-corrected chi connectivity index (χ0v) is 16.8. The summed E-state index contributed by atoms with van der Waals surface area (Å²) in [6.45, 7) is 6.09. The van der Waals surface area contributed by atoms with Crippen molar-refractivity contribution in [3.63, 3.8) is 0 Å². The van der Waals surface area contributed by atoms with Crippen molar-refractivity contribution >= 4 is 28.0 Å². The molecular weight excluding hydrogens is 376 g/mol. The number of nitrogens with two attached hydrogens (primary N) is 1. The van der Waals surface area contributed by atoms with E-state index in [9.17, 15) is 18.4 Å². The lowest BCUT2D eigenvalue weighted by Crippen LogP contribution is -2.55. The molecule has 2 heterocycles. The number of nitrogen functional groups attached to an aromatic ring is 1.